The molecule has 0 radical (unpaired) electrons. The van der Waals surface area contributed by atoms with E-state index in [0.29, 0.717) is 12.8 Å². The lowest BCUT2D eigenvalue weighted by molar-refractivity contribution is 0.0863. The van der Waals surface area contributed by atoms with Crippen LogP contribution in [0.15, 0.2) is 12.1 Å². The van der Waals surface area contributed by atoms with E-state index in [4.69, 9.17) is 17.3 Å². The third-order valence-corrected chi connectivity index (χ3v) is 3.42. The van der Waals surface area contributed by atoms with E-state index < -0.39 is 0 Å². The molecule has 0 unspecified atom stereocenters. The van der Waals surface area contributed by atoms with Gasteiger partial charge in [-0.15, -0.1) is 0 Å². The molecule has 0 saturated heterocycles. The first-order valence-corrected chi connectivity index (χ1v) is 6.35. The van der Waals surface area contributed by atoms with Crippen molar-refractivity contribution in [3.8, 4) is 0 Å². The number of nitrogens with zero attached hydrogens (tertiary/aromatic N) is 1. The molecule has 0 bridgehead atoms. The molecule has 0 atom stereocenters. The van der Waals surface area contributed by atoms with Crippen LogP contribution in [0.1, 0.15) is 36.2 Å². The van der Waals surface area contributed by atoms with Crippen molar-refractivity contribution in [2.45, 2.75) is 37.8 Å². The molecule has 2 rings (SSSR count). The Balaban J connectivity index is 2.01. The summed E-state index contributed by atoms with van der Waals surface area (Å²) in [6.45, 7) is 0. The normalized spacial score (nSPS) is 23.7. The quantitative estimate of drug-likeness (QED) is 0.756. The maximum atomic E-state index is 12.0. The molecule has 0 spiro atoms. The fourth-order valence-corrected chi connectivity index (χ4v) is 2.28. The van der Waals surface area contributed by atoms with Crippen molar-refractivity contribution in [3.63, 3.8) is 0 Å². The number of rotatable bonds is 2. The topological polar surface area (TPSA) is 88.2 Å². The molecule has 1 aromatic heterocycles. The molecule has 18 heavy (non-hydrogen) atoms. The highest BCUT2D eigenvalue weighted by molar-refractivity contribution is 6.33. The van der Waals surface area contributed by atoms with Gasteiger partial charge in [-0.25, -0.2) is 4.98 Å². The molecule has 1 amide bonds. The third-order valence-electron chi connectivity index (χ3n) is 3.11. The Labute approximate surface area is 110 Å². The van der Waals surface area contributed by atoms with Crippen molar-refractivity contribution >= 4 is 23.3 Å². The maximum Gasteiger partial charge on any atom is 0.271 e. The zero-order valence-corrected chi connectivity index (χ0v) is 10.7. The van der Waals surface area contributed by atoms with E-state index in [1.807, 2.05) is 0 Å². The fraction of sp³-hybridized carbons (Fsp3) is 0.500. The van der Waals surface area contributed by atoms with Crippen LogP contribution in [-0.4, -0.2) is 28.1 Å². The monoisotopic (exact) mass is 269 g/mol. The van der Waals surface area contributed by atoms with Crippen LogP contribution in [0.25, 0.3) is 0 Å². The zero-order chi connectivity index (χ0) is 13.1. The van der Waals surface area contributed by atoms with Crippen LogP contribution in [0.3, 0.4) is 0 Å². The van der Waals surface area contributed by atoms with Gasteiger partial charge in [0.1, 0.15) is 11.5 Å². The van der Waals surface area contributed by atoms with Crippen LogP contribution in [0.4, 0.5) is 5.82 Å². The van der Waals surface area contributed by atoms with Crippen LogP contribution in [0.2, 0.25) is 5.02 Å². The first kappa shape index (κ1) is 13.1. The van der Waals surface area contributed by atoms with Gasteiger partial charge in [0, 0.05) is 6.04 Å². The smallest absolute Gasteiger partial charge is 0.271 e. The van der Waals surface area contributed by atoms with E-state index in [1.165, 1.54) is 0 Å². The third kappa shape index (κ3) is 3.11. The number of hydrogen-bond acceptors (Lipinski definition) is 4. The number of nitrogen functional groups attached to an aromatic ring is 1. The van der Waals surface area contributed by atoms with Crippen LogP contribution >= 0.6 is 11.6 Å². The number of aliphatic hydroxyl groups is 1. The van der Waals surface area contributed by atoms with Gasteiger partial charge in [0.2, 0.25) is 0 Å². The first-order chi connectivity index (χ1) is 8.56. The highest BCUT2D eigenvalue weighted by Gasteiger charge is 2.22. The average molecular weight is 270 g/mol. The van der Waals surface area contributed by atoms with Crippen LogP contribution in [0.5, 0.6) is 0 Å². The lowest BCUT2D eigenvalue weighted by Gasteiger charge is -2.26. The van der Waals surface area contributed by atoms with Gasteiger partial charge in [-0.2, -0.15) is 0 Å². The van der Waals surface area contributed by atoms with Crippen molar-refractivity contribution in [2.24, 2.45) is 0 Å². The molecule has 5 nitrogen and oxygen atoms in total. The summed E-state index contributed by atoms with van der Waals surface area (Å²) in [5, 5.41) is 12.6. The van der Waals surface area contributed by atoms with E-state index in [0.717, 1.165) is 12.8 Å². The van der Waals surface area contributed by atoms with Gasteiger partial charge >= 0.3 is 0 Å². The number of amides is 1. The van der Waals surface area contributed by atoms with Gasteiger partial charge < -0.3 is 16.2 Å². The van der Waals surface area contributed by atoms with E-state index in [-0.39, 0.29) is 34.6 Å². The number of halogens is 1. The molecule has 1 aromatic rings. The summed E-state index contributed by atoms with van der Waals surface area (Å²) in [6, 6.07) is 3.18. The van der Waals surface area contributed by atoms with Crippen LogP contribution < -0.4 is 11.1 Å². The summed E-state index contributed by atoms with van der Waals surface area (Å²) in [6.07, 6.45) is 2.72. The number of hydrogen-bond donors (Lipinski definition) is 3. The Kier molecular flexibility index (Phi) is 4.04. The van der Waals surface area contributed by atoms with Gasteiger partial charge in [0.15, 0.2) is 0 Å². The summed E-state index contributed by atoms with van der Waals surface area (Å²) in [4.78, 5) is 15.9. The maximum absolute atomic E-state index is 12.0. The second-order valence-corrected chi connectivity index (χ2v) is 4.95. The van der Waals surface area contributed by atoms with Gasteiger partial charge in [0.25, 0.3) is 5.91 Å². The summed E-state index contributed by atoms with van der Waals surface area (Å²) in [5.41, 5.74) is 5.69. The number of nitrogens with one attached hydrogen (secondary N) is 1. The number of carbonyl (C=O) groups is 1. The van der Waals surface area contributed by atoms with Gasteiger partial charge in [0.05, 0.1) is 11.1 Å². The summed E-state index contributed by atoms with van der Waals surface area (Å²) < 4.78 is 0. The minimum absolute atomic E-state index is 0.0696. The SMILES string of the molecule is Nc1ccc(Cl)c(C(=O)NC2CCC(O)CC2)n1. The lowest BCUT2D eigenvalue weighted by atomic mass is 9.93. The molecule has 6 heteroatoms. The number of aliphatic hydroxyl groups excluding tert-OH is 1. The second-order valence-electron chi connectivity index (χ2n) is 4.55. The summed E-state index contributed by atoms with van der Waals surface area (Å²) >= 11 is 5.91. The van der Waals surface area contributed by atoms with Crippen LogP contribution in [0, 0.1) is 0 Å². The van der Waals surface area contributed by atoms with E-state index in [1.54, 1.807) is 12.1 Å². The first-order valence-electron chi connectivity index (χ1n) is 5.97. The molecule has 1 saturated carbocycles. The zero-order valence-electron chi connectivity index (χ0n) is 9.90. The molecule has 4 N–H and O–H groups in total. The number of carbonyl (C=O) groups excluding carboxylic acids is 1. The Hall–Kier alpha value is -1.33. The Bertz CT molecular complexity index is 445. The Morgan fingerprint density at radius 2 is 2.06 bits per heavy atom. The standard InChI is InChI=1S/C12H16ClN3O2/c13-9-5-6-10(14)16-11(9)12(18)15-7-1-3-8(17)4-2-7/h5-8,17H,1-4H2,(H2,14,16)(H,15,18). The molecule has 98 valence electrons. The van der Waals surface area contributed by atoms with E-state index in [9.17, 15) is 9.90 Å². The molecule has 1 fully saturated rings. The molecule has 1 aliphatic rings. The highest BCUT2D eigenvalue weighted by atomic mass is 35.5. The van der Waals surface area contributed by atoms with Gasteiger partial charge in [-0.1, -0.05) is 11.6 Å². The predicted octanol–water partition coefficient (Wildman–Crippen LogP) is 1.35. The van der Waals surface area contributed by atoms with Crippen LogP contribution in [-0.2, 0) is 0 Å². The predicted molar refractivity (Wildman–Crippen MR) is 69.4 cm³/mol. The number of pyridine rings is 1. The number of anilines is 1. The minimum Gasteiger partial charge on any atom is -0.393 e. The molecular weight excluding hydrogens is 254 g/mol. The molecule has 1 aliphatic carbocycles. The Morgan fingerprint density at radius 3 is 2.72 bits per heavy atom. The molecule has 1 heterocycles. The van der Waals surface area contributed by atoms with Crippen molar-refractivity contribution in [1.82, 2.24) is 10.3 Å². The Morgan fingerprint density at radius 1 is 1.39 bits per heavy atom. The van der Waals surface area contributed by atoms with E-state index >= 15 is 0 Å². The van der Waals surface area contributed by atoms with E-state index in [2.05, 4.69) is 10.3 Å². The summed E-state index contributed by atoms with van der Waals surface area (Å²) in [5.74, 6) is -0.0442. The van der Waals surface area contributed by atoms with Gasteiger partial charge in [-0.05, 0) is 37.8 Å². The average Bonchev–Trinajstić information content (AvgIpc) is 2.35. The fourth-order valence-electron chi connectivity index (χ4n) is 2.09. The highest BCUT2D eigenvalue weighted by Crippen LogP contribution is 2.20. The second kappa shape index (κ2) is 5.54. The number of aromatic nitrogens is 1. The number of nitrogens with two attached hydrogens (primary N) is 1. The molecule has 0 aliphatic heterocycles. The van der Waals surface area contributed by atoms with Crippen molar-refractivity contribution in [2.75, 3.05) is 5.73 Å². The largest absolute Gasteiger partial charge is 0.393 e. The molecular formula is C12H16ClN3O2. The minimum atomic E-state index is -0.311. The summed E-state index contributed by atoms with van der Waals surface area (Å²) in [7, 11) is 0. The lowest BCUT2D eigenvalue weighted by Crippen LogP contribution is -2.39. The van der Waals surface area contributed by atoms with Crippen molar-refractivity contribution < 1.29 is 9.90 Å². The molecule has 0 aromatic carbocycles. The van der Waals surface area contributed by atoms with Crippen molar-refractivity contribution in [1.29, 1.82) is 0 Å². The van der Waals surface area contributed by atoms with Crippen molar-refractivity contribution in [3.05, 3.63) is 22.8 Å². The van der Waals surface area contributed by atoms with Gasteiger partial charge in [-0.3, -0.25) is 4.79 Å².